The van der Waals surface area contributed by atoms with Crippen molar-refractivity contribution < 1.29 is 36.7 Å². The van der Waals surface area contributed by atoms with Gasteiger partial charge in [0.05, 0.1) is 152 Å². The molecule has 4 aliphatic carbocycles. The fourth-order valence-corrected chi connectivity index (χ4v) is 18.0. The average Bonchev–Trinajstić information content (AvgIpc) is 1.51. The van der Waals surface area contributed by atoms with Gasteiger partial charge in [-0.05, 0) is 148 Å². The van der Waals surface area contributed by atoms with E-state index in [0.29, 0.717) is 116 Å². The number of halogens is 8. The van der Waals surface area contributed by atoms with Crippen LogP contribution in [0, 0.1) is 46.9 Å². The number of likely N-dealkylation sites (tertiary alicyclic amines) is 4. The summed E-state index contributed by atoms with van der Waals surface area (Å²) < 4.78 is 57.1. The lowest BCUT2D eigenvalue weighted by Crippen LogP contribution is -2.48. The van der Waals surface area contributed by atoms with E-state index >= 15 is 0 Å². The largest absolute Gasteiger partial charge is 0.349 e. The van der Waals surface area contributed by atoms with Gasteiger partial charge in [-0.25, -0.2) is 77.4 Å². The minimum absolute atomic E-state index is 0.0105. The number of aromatic nitrogens is 18. The highest BCUT2D eigenvalue weighted by Gasteiger charge is 2.52. The van der Waals surface area contributed by atoms with Crippen molar-refractivity contribution in [2.75, 3.05) is 47.4 Å². The lowest BCUT2D eigenvalue weighted by molar-refractivity contribution is 0.0684. The van der Waals surface area contributed by atoms with E-state index < -0.39 is 23.3 Å². The SMILES string of the molecule is O=C(c1cc(F)ccc1-n1nccn1)N1CC2CC(Nc3ncc(Cl)cn3)C1C2.O=C(c1ccc(F)cc1-c1ncccn1)N1CC2CC(Nc3ncc(Cl)cn3)C1C2.O=C(c1cccc(F)c1-c1ncccn1)N1CC2CC(Nc3ncc(Cl)cn3)C1C2.O=C(c1cccc(F)c1-n1nccn1)N1CC2CC(Nc3ncc(Cl)cn3)C1C2. The maximum absolute atomic E-state index is 14.7. The Bertz CT molecular complexity index is 5540. The van der Waals surface area contributed by atoms with Crippen molar-refractivity contribution in [1.82, 2.24) is 109 Å². The van der Waals surface area contributed by atoms with Crippen LogP contribution in [0.2, 0.25) is 20.1 Å². The van der Waals surface area contributed by atoms with Crippen LogP contribution in [0.3, 0.4) is 0 Å². The number of carbonyl (C=O) groups excluding carboxylic acids is 4. The van der Waals surface area contributed by atoms with E-state index in [1.807, 2.05) is 19.6 Å². The summed E-state index contributed by atoms with van der Waals surface area (Å²) in [6, 6.07) is 20.5. The molecule has 12 aromatic rings. The van der Waals surface area contributed by atoms with Crippen LogP contribution >= 0.6 is 46.4 Å². The second kappa shape index (κ2) is 34.0. The number of amides is 4. The third kappa shape index (κ3) is 16.7. The van der Waals surface area contributed by atoms with E-state index in [1.165, 1.54) is 146 Å². The van der Waals surface area contributed by atoms with Crippen molar-refractivity contribution >= 4 is 93.8 Å². The van der Waals surface area contributed by atoms with Crippen molar-refractivity contribution in [3.8, 4) is 34.2 Å². The zero-order valence-corrected chi connectivity index (χ0v) is 65.3. The molecule has 118 heavy (non-hydrogen) atoms. The van der Waals surface area contributed by atoms with Crippen molar-refractivity contribution in [2.24, 2.45) is 23.7 Å². The van der Waals surface area contributed by atoms with Crippen molar-refractivity contribution in [2.45, 2.75) is 99.7 Å². The lowest BCUT2D eigenvalue weighted by Gasteiger charge is -2.34. The molecule has 600 valence electrons. The monoisotopic (exact) mass is 1670 g/mol. The van der Waals surface area contributed by atoms with Gasteiger partial charge >= 0.3 is 0 Å². The van der Waals surface area contributed by atoms with Gasteiger partial charge in [0.2, 0.25) is 23.8 Å². The molecule has 12 atom stereocenters. The summed E-state index contributed by atoms with van der Waals surface area (Å²) in [5, 5.41) is 31.3. The quantitative estimate of drug-likeness (QED) is 0.0653. The lowest BCUT2D eigenvalue weighted by atomic mass is 10.0. The van der Waals surface area contributed by atoms with Gasteiger partial charge in [0.15, 0.2) is 17.5 Å². The minimum atomic E-state index is -0.541. The third-order valence-electron chi connectivity index (χ3n) is 22.4. The van der Waals surface area contributed by atoms with E-state index in [0.717, 1.165) is 56.2 Å². The number of nitrogens with one attached hydrogen (secondary N) is 4. The summed E-state index contributed by atoms with van der Waals surface area (Å²) >= 11 is 23.4. The Kier molecular flexibility index (Phi) is 22.5. The third-order valence-corrected chi connectivity index (χ3v) is 23.2. The number of para-hydroxylation sites is 1. The maximum atomic E-state index is 14.7. The van der Waals surface area contributed by atoms with Crippen LogP contribution in [0.1, 0.15) is 92.8 Å². The van der Waals surface area contributed by atoms with Crippen LogP contribution < -0.4 is 21.3 Å². The van der Waals surface area contributed by atoms with Gasteiger partial charge < -0.3 is 40.9 Å². The van der Waals surface area contributed by atoms with Crippen LogP contribution in [-0.4, -0.2) is 208 Å². The molecule has 0 spiro atoms. The molecule has 4 saturated heterocycles. The van der Waals surface area contributed by atoms with Crippen LogP contribution in [0.5, 0.6) is 0 Å². The molecule has 8 aliphatic rings. The van der Waals surface area contributed by atoms with Crippen LogP contribution in [0.15, 0.2) is 184 Å². The van der Waals surface area contributed by atoms with E-state index in [1.54, 1.807) is 42.7 Å². The molecule has 8 bridgehead atoms. The first-order valence-corrected chi connectivity index (χ1v) is 39.5. The molecule has 12 unspecified atom stereocenters. The second-order valence-corrected chi connectivity index (χ2v) is 31.5. The Balaban J connectivity index is 0.000000113. The smallest absolute Gasteiger partial charge is 0.256 e. The topological polar surface area (TPSA) is 345 Å². The summed E-state index contributed by atoms with van der Waals surface area (Å²) in [5.41, 5.74) is 2.22. The number of carbonyl (C=O) groups is 4. The second-order valence-electron chi connectivity index (χ2n) is 29.8. The van der Waals surface area contributed by atoms with Gasteiger partial charge in [-0.2, -0.15) is 25.2 Å². The first kappa shape index (κ1) is 78.1. The van der Waals surface area contributed by atoms with Crippen LogP contribution in [0.4, 0.5) is 41.4 Å². The molecule has 20 rings (SSSR count). The number of anilines is 4. The van der Waals surface area contributed by atoms with Crippen molar-refractivity contribution in [1.29, 1.82) is 0 Å². The number of fused-ring (bicyclic) bond motifs is 8. The highest BCUT2D eigenvalue weighted by atomic mass is 35.5. The van der Waals surface area contributed by atoms with E-state index in [9.17, 15) is 36.7 Å². The molecule has 12 heterocycles. The molecule has 8 fully saturated rings. The normalized spacial score (nSPS) is 22.6. The average molecular weight is 1680 g/mol. The molecule has 4 aromatic carbocycles. The minimum Gasteiger partial charge on any atom is -0.349 e. The molecule has 38 heteroatoms. The molecule has 30 nitrogen and oxygen atoms in total. The number of benzene rings is 4. The number of hydrogen-bond donors (Lipinski definition) is 4. The van der Waals surface area contributed by atoms with Gasteiger partial charge in [0, 0.05) is 80.7 Å². The molecule has 0 radical (unpaired) electrons. The first-order valence-electron chi connectivity index (χ1n) is 38.0. The number of hydrogen-bond acceptors (Lipinski definition) is 24. The zero-order chi connectivity index (χ0) is 81.2. The summed E-state index contributed by atoms with van der Waals surface area (Å²) in [4.78, 5) is 114. The molecule has 8 aromatic heterocycles. The van der Waals surface area contributed by atoms with Gasteiger partial charge in [-0.3, -0.25) is 19.2 Å². The molecular weight excluding hydrogens is 1610 g/mol. The Morgan fingerprint density at radius 2 is 0.686 bits per heavy atom. The molecule has 4 saturated carbocycles. The van der Waals surface area contributed by atoms with Gasteiger partial charge in [0.25, 0.3) is 23.6 Å². The standard InChI is InChI=1S/2C21H18ClFN6O.2C19H17ClFN7O/c22-13-9-26-21(27-10-13)28-17-6-12-7-18(17)29(11-12)20(30)15-3-2-14(23)8-16(15)19-24-4-1-5-25-19;22-13-9-26-21(27-10-13)28-16-7-12-8-17(16)29(11-12)20(30)14-3-1-4-15(23)18(14)19-24-5-2-6-25-19;20-12-8-22-19(23-9-12)26-15-5-11-6-17(15)27(10-11)18(29)14-7-13(21)1-2-16(14)28-24-3-4-25-28;20-12-8-22-19(23-9-12)26-15-6-11-7-16(15)27(10-11)18(29)13-2-1-3-14(21)17(13)28-24-4-5-25-28/h1-5,8-10,12,17-18H,6-7,11H2,(H,26,27,28);1-6,9-10,12,16-17H,7-8,11H2,(H,26,27,28);1-4,7-9,11,15,17H,5-6,10H2,(H,22,23,26);1-5,8-9,11,15-16H,6-7,10H2,(H,22,23,26). The van der Waals surface area contributed by atoms with Gasteiger partial charge in [0.1, 0.15) is 23.1 Å². The van der Waals surface area contributed by atoms with Crippen molar-refractivity contribution in [3.63, 3.8) is 0 Å². The number of piperidine rings is 4. The zero-order valence-electron chi connectivity index (χ0n) is 62.2. The predicted molar refractivity (Wildman–Crippen MR) is 425 cm³/mol. The van der Waals surface area contributed by atoms with Gasteiger partial charge in [-0.15, -0.1) is 4.80 Å². The van der Waals surface area contributed by atoms with Crippen LogP contribution in [-0.2, 0) is 0 Å². The summed E-state index contributed by atoms with van der Waals surface area (Å²) in [5.74, 6) is 1.23. The molecular formula is C80H70Cl4F4N26O4. The molecule has 4 N–H and O–H groups in total. The predicted octanol–water partition coefficient (Wildman–Crippen LogP) is 12.0. The van der Waals surface area contributed by atoms with Crippen molar-refractivity contribution in [3.05, 3.63) is 250 Å². The van der Waals surface area contributed by atoms with E-state index in [-0.39, 0.29) is 106 Å². The molecule has 4 amide bonds. The summed E-state index contributed by atoms with van der Waals surface area (Å²) in [6.45, 7) is 2.61. The summed E-state index contributed by atoms with van der Waals surface area (Å²) in [6.07, 6.45) is 31.7. The molecule has 4 aliphatic heterocycles. The highest BCUT2D eigenvalue weighted by Crippen LogP contribution is 2.45. The Morgan fingerprint density at radius 1 is 0.339 bits per heavy atom. The van der Waals surface area contributed by atoms with Crippen LogP contribution in [0.25, 0.3) is 34.2 Å². The summed E-state index contributed by atoms with van der Waals surface area (Å²) in [7, 11) is 0. The first-order chi connectivity index (χ1) is 57.4. The van der Waals surface area contributed by atoms with Gasteiger partial charge in [-0.1, -0.05) is 58.5 Å². The fraction of sp³-hybridized carbons (Fsp3) is 0.300. The highest BCUT2D eigenvalue weighted by molar-refractivity contribution is 6.31. The Hall–Kier alpha value is -12.4. The number of rotatable bonds is 16. The fourth-order valence-electron chi connectivity index (χ4n) is 17.6. The van der Waals surface area contributed by atoms with E-state index in [2.05, 4.69) is 101 Å². The van der Waals surface area contributed by atoms with E-state index in [4.69, 9.17) is 46.4 Å². The Labute approximate surface area is 690 Å². The Morgan fingerprint density at radius 3 is 1.10 bits per heavy atom. The maximum Gasteiger partial charge on any atom is 0.256 e. The number of nitrogens with zero attached hydrogens (tertiary/aromatic N) is 22.